The van der Waals surface area contributed by atoms with Gasteiger partial charge in [-0.3, -0.25) is 15.0 Å². The van der Waals surface area contributed by atoms with Crippen LogP contribution in [0.4, 0.5) is 0 Å². The lowest BCUT2D eigenvalue weighted by Crippen LogP contribution is -2.11. The molecule has 0 unspecified atom stereocenters. The molecule has 0 amide bonds. The van der Waals surface area contributed by atoms with Gasteiger partial charge in [-0.05, 0) is 136 Å². The summed E-state index contributed by atoms with van der Waals surface area (Å²) in [5.74, 6) is 0. The van der Waals surface area contributed by atoms with Gasteiger partial charge in [0, 0.05) is 60.4 Å². The summed E-state index contributed by atoms with van der Waals surface area (Å²) in [6, 6.07) is 32.7. The first-order chi connectivity index (χ1) is 21.2. The lowest BCUT2D eigenvalue weighted by atomic mass is 9.89. The number of benzene rings is 3. The van der Waals surface area contributed by atoms with Crippen LogP contribution in [0.15, 0.2) is 147 Å². The molecule has 0 radical (unpaired) electrons. The SMILES string of the molecule is Cc1cc(-c2cc(C3=CC=CNC3)cc(-c3cccnc3)c2)cc(-c2cc(-c3cccnc3)cc(-c3cccnc3)c2)c1. The van der Waals surface area contributed by atoms with Crippen molar-refractivity contribution in [3.05, 3.63) is 158 Å². The second-order valence-electron chi connectivity index (χ2n) is 10.8. The molecule has 0 aliphatic carbocycles. The Hall–Kier alpha value is -5.61. The average molecular weight is 555 g/mol. The van der Waals surface area contributed by atoms with E-state index in [9.17, 15) is 0 Å². The van der Waals surface area contributed by atoms with Crippen LogP contribution in [0, 0.1) is 6.92 Å². The van der Waals surface area contributed by atoms with Gasteiger partial charge in [-0.25, -0.2) is 0 Å². The Morgan fingerprint density at radius 2 is 0.884 bits per heavy atom. The molecule has 3 aromatic heterocycles. The predicted molar refractivity (Wildman–Crippen MR) is 177 cm³/mol. The van der Waals surface area contributed by atoms with Gasteiger partial charge in [0.25, 0.3) is 0 Å². The summed E-state index contributed by atoms with van der Waals surface area (Å²) in [4.78, 5) is 13.2. The molecule has 3 aromatic carbocycles. The summed E-state index contributed by atoms with van der Waals surface area (Å²) in [7, 11) is 0. The Bertz CT molecular complexity index is 1900. The number of aryl methyl sites for hydroxylation is 1. The third kappa shape index (κ3) is 5.77. The van der Waals surface area contributed by atoms with Gasteiger partial charge in [0.15, 0.2) is 0 Å². The van der Waals surface area contributed by atoms with Gasteiger partial charge in [-0.2, -0.15) is 0 Å². The summed E-state index contributed by atoms with van der Waals surface area (Å²) in [5, 5.41) is 3.36. The largest absolute Gasteiger partial charge is 0.387 e. The molecule has 1 aliphatic heterocycles. The molecule has 0 saturated heterocycles. The average Bonchev–Trinajstić information content (AvgIpc) is 3.09. The second kappa shape index (κ2) is 11.7. The number of dihydropyridines is 1. The first-order valence-corrected chi connectivity index (χ1v) is 14.4. The molecule has 6 aromatic rings. The highest BCUT2D eigenvalue weighted by molar-refractivity contribution is 5.85. The standard InChI is InChI=1S/C39H30N4/c1-27-14-32(38-19-34(28-6-2-10-40-23-28)17-35(20-38)29-7-3-11-41-24-29)16-33(15-27)39-21-36(30-8-4-12-42-25-30)18-37(22-39)31-9-5-13-43-26-31/h2-25,43H,26H2,1H3. The highest BCUT2D eigenvalue weighted by atomic mass is 14.8. The molecule has 43 heavy (non-hydrogen) atoms. The van der Waals surface area contributed by atoms with Crippen molar-refractivity contribution in [2.45, 2.75) is 6.92 Å². The summed E-state index contributed by atoms with van der Waals surface area (Å²) in [6.45, 7) is 2.97. The number of nitrogens with zero attached hydrogens (tertiary/aromatic N) is 3. The maximum Gasteiger partial charge on any atom is 0.0401 e. The van der Waals surface area contributed by atoms with E-state index in [4.69, 9.17) is 0 Å². The fraction of sp³-hybridized carbons (Fsp3) is 0.0513. The molecule has 206 valence electrons. The molecule has 0 atom stereocenters. The van der Waals surface area contributed by atoms with Crippen molar-refractivity contribution in [3.63, 3.8) is 0 Å². The van der Waals surface area contributed by atoms with Crippen molar-refractivity contribution in [2.24, 2.45) is 0 Å². The molecule has 4 heterocycles. The Kier molecular flexibility index (Phi) is 7.16. The van der Waals surface area contributed by atoms with E-state index in [1.54, 1.807) is 0 Å². The zero-order valence-corrected chi connectivity index (χ0v) is 23.9. The fourth-order valence-corrected chi connectivity index (χ4v) is 5.65. The van der Waals surface area contributed by atoms with E-state index in [0.717, 1.165) is 45.5 Å². The van der Waals surface area contributed by atoms with Crippen LogP contribution in [0.3, 0.4) is 0 Å². The normalized spacial score (nSPS) is 12.4. The van der Waals surface area contributed by atoms with E-state index in [1.807, 2.05) is 61.6 Å². The number of hydrogen-bond donors (Lipinski definition) is 1. The number of allylic oxidation sites excluding steroid dienone is 2. The fourth-order valence-electron chi connectivity index (χ4n) is 5.65. The van der Waals surface area contributed by atoms with Crippen LogP contribution >= 0.6 is 0 Å². The van der Waals surface area contributed by atoms with Crippen LogP contribution in [0.5, 0.6) is 0 Å². The molecule has 1 N–H and O–H groups in total. The number of hydrogen-bond acceptors (Lipinski definition) is 4. The Balaban J connectivity index is 1.39. The third-order valence-electron chi connectivity index (χ3n) is 7.77. The highest BCUT2D eigenvalue weighted by Gasteiger charge is 2.13. The van der Waals surface area contributed by atoms with Crippen molar-refractivity contribution in [2.75, 3.05) is 6.54 Å². The Morgan fingerprint density at radius 3 is 1.26 bits per heavy atom. The van der Waals surface area contributed by atoms with E-state index in [-0.39, 0.29) is 0 Å². The van der Waals surface area contributed by atoms with Crippen molar-refractivity contribution in [3.8, 4) is 55.6 Å². The van der Waals surface area contributed by atoms with Crippen LogP contribution in [-0.2, 0) is 0 Å². The zero-order valence-electron chi connectivity index (χ0n) is 23.9. The minimum atomic E-state index is 0.795. The topological polar surface area (TPSA) is 50.7 Å². The van der Waals surface area contributed by atoms with Gasteiger partial charge in [0.1, 0.15) is 0 Å². The number of nitrogens with one attached hydrogen (secondary N) is 1. The quantitative estimate of drug-likeness (QED) is 0.223. The minimum Gasteiger partial charge on any atom is -0.387 e. The number of pyridine rings is 3. The lowest BCUT2D eigenvalue weighted by molar-refractivity contribution is 0.986. The van der Waals surface area contributed by atoms with Crippen LogP contribution in [0.25, 0.3) is 61.2 Å². The van der Waals surface area contributed by atoms with Crippen LogP contribution in [-0.4, -0.2) is 21.5 Å². The molecular weight excluding hydrogens is 524 g/mol. The predicted octanol–water partition coefficient (Wildman–Crippen LogP) is 9.02. The van der Waals surface area contributed by atoms with Crippen molar-refractivity contribution >= 4 is 5.57 Å². The minimum absolute atomic E-state index is 0.795. The van der Waals surface area contributed by atoms with Crippen LogP contribution in [0.1, 0.15) is 11.1 Å². The van der Waals surface area contributed by atoms with Crippen LogP contribution in [0.2, 0.25) is 0 Å². The van der Waals surface area contributed by atoms with Crippen LogP contribution < -0.4 is 5.32 Å². The van der Waals surface area contributed by atoms with Gasteiger partial charge in [0.05, 0.1) is 0 Å². The summed E-state index contributed by atoms with van der Waals surface area (Å²) >= 11 is 0. The van der Waals surface area contributed by atoms with Gasteiger partial charge in [-0.1, -0.05) is 36.4 Å². The van der Waals surface area contributed by atoms with Crippen molar-refractivity contribution < 1.29 is 0 Å². The molecule has 0 bridgehead atoms. The van der Waals surface area contributed by atoms with Gasteiger partial charge >= 0.3 is 0 Å². The lowest BCUT2D eigenvalue weighted by Gasteiger charge is -2.16. The van der Waals surface area contributed by atoms with E-state index in [0.29, 0.717) is 0 Å². The van der Waals surface area contributed by atoms with Gasteiger partial charge in [0.2, 0.25) is 0 Å². The zero-order chi connectivity index (χ0) is 29.0. The summed E-state index contributed by atoms with van der Waals surface area (Å²) in [6.07, 6.45) is 17.5. The summed E-state index contributed by atoms with van der Waals surface area (Å²) in [5.41, 5.74) is 15.0. The molecule has 0 saturated carbocycles. The van der Waals surface area contributed by atoms with E-state index < -0.39 is 0 Å². The third-order valence-corrected chi connectivity index (χ3v) is 7.77. The number of rotatable bonds is 6. The van der Waals surface area contributed by atoms with Crippen molar-refractivity contribution in [1.29, 1.82) is 0 Å². The maximum absolute atomic E-state index is 4.39. The maximum atomic E-state index is 4.39. The molecule has 0 fully saturated rings. The molecule has 0 spiro atoms. The summed E-state index contributed by atoms with van der Waals surface area (Å²) < 4.78 is 0. The van der Waals surface area contributed by atoms with Gasteiger partial charge in [-0.15, -0.1) is 0 Å². The van der Waals surface area contributed by atoms with E-state index in [1.165, 1.54) is 33.4 Å². The van der Waals surface area contributed by atoms with E-state index >= 15 is 0 Å². The molecule has 4 nitrogen and oxygen atoms in total. The second-order valence-corrected chi connectivity index (χ2v) is 10.8. The first kappa shape index (κ1) is 26.3. The number of aromatic nitrogens is 3. The molecular formula is C39H30N4. The Labute approximate surface area is 252 Å². The monoisotopic (exact) mass is 554 g/mol. The molecule has 4 heteroatoms. The smallest absolute Gasteiger partial charge is 0.0401 e. The first-order valence-electron chi connectivity index (χ1n) is 14.4. The molecule has 7 rings (SSSR count). The molecule has 1 aliphatic rings. The highest BCUT2D eigenvalue weighted by Crippen LogP contribution is 2.37. The van der Waals surface area contributed by atoms with Crippen molar-refractivity contribution in [1.82, 2.24) is 20.3 Å². The van der Waals surface area contributed by atoms with E-state index in [2.05, 4.69) is 112 Å². The Morgan fingerprint density at radius 1 is 0.488 bits per heavy atom. The van der Waals surface area contributed by atoms with Gasteiger partial charge < -0.3 is 5.32 Å².